The second-order valence-corrected chi connectivity index (χ2v) is 4.34. The summed E-state index contributed by atoms with van der Waals surface area (Å²) in [5.74, 6) is 0.472. The average Bonchev–Trinajstić information content (AvgIpc) is 2.31. The van der Waals surface area contributed by atoms with Crippen LogP contribution < -0.4 is 0 Å². The Balaban J connectivity index is 2.35. The summed E-state index contributed by atoms with van der Waals surface area (Å²) in [6.07, 6.45) is 3.99. The number of hydrogen-bond donors (Lipinski definition) is 0. The average molecular weight is 241 g/mol. The lowest BCUT2D eigenvalue weighted by Crippen LogP contribution is -2.36. The molecule has 1 fully saturated rings. The molecule has 0 aromatic heterocycles. The molecule has 1 rings (SSSR count). The first kappa shape index (κ1) is 14.2. The molecule has 0 spiro atoms. The van der Waals surface area contributed by atoms with Gasteiger partial charge >= 0.3 is 5.97 Å². The van der Waals surface area contributed by atoms with Crippen molar-refractivity contribution >= 4 is 5.97 Å². The second-order valence-electron chi connectivity index (χ2n) is 4.34. The largest absolute Gasteiger partial charge is 0.465 e. The van der Waals surface area contributed by atoms with Crippen LogP contribution in [0.2, 0.25) is 0 Å². The van der Waals surface area contributed by atoms with Gasteiger partial charge in [0.25, 0.3) is 0 Å². The predicted octanol–water partition coefficient (Wildman–Crippen LogP) is 1.46. The zero-order valence-electron chi connectivity index (χ0n) is 10.7. The molecule has 0 atom stereocenters. The summed E-state index contributed by atoms with van der Waals surface area (Å²) in [6, 6.07) is 0. The van der Waals surface area contributed by atoms with Crippen molar-refractivity contribution in [1.29, 1.82) is 0 Å². The van der Waals surface area contributed by atoms with E-state index in [1.165, 1.54) is 0 Å². The molecule has 98 valence electrons. The van der Waals surface area contributed by atoms with E-state index in [4.69, 9.17) is 9.47 Å². The molecular weight excluding hydrogens is 218 g/mol. The van der Waals surface area contributed by atoms with Crippen molar-refractivity contribution in [3.05, 3.63) is 12.7 Å². The van der Waals surface area contributed by atoms with E-state index < -0.39 is 0 Å². The molecule has 0 unspecified atom stereocenters. The number of esters is 1. The molecule has 0 saturated carbocycles. The second kappa shape index (κ2) is 8.25. The molecule has 1 saturated heterocycles. The highest BCUT2D eigenvalue weighted by Crippen LogP contribution is 2.16. The topological polar surface area (TPSA) is 38.8 Å². The lowest BCUT2D eigenvalue weighted by molar-refractivity contribution is -0.144. The van der Waals surface area contributed by atoms with Crippen LogP contribution in [-0.2, 0) is 14.3 Å². The fourth-order valence-electron chi connectivity index (χ4n) is 2.07. The summed E-state index contributed by atoms with van der Waals surface area (Å²) in [7, 11) is 0. The standard InChI is InChI=1S/C13H23NO3/c1-3-7-14(11-13(15)17-4-2)10-12-5-8-16-9-6-12/h3,12H,1,4-11H2,2H3. The van der Waals surface area contributed by atoms with E-state index in [2.05, 4.69) is 11.5 Å². The molecule has 0 N–H and O–H groups in total. The highest BCUT2D eigenvalue weighted by Gasteiger charge is 2.18. The maximum Gasteiger partial charge on any atom is 0.320 e. The Bertz CT molecular complexity index is 237. The molecule has 0 aromatic carbocycles. The van der Waals surface area contributed by atoms with Crippen LogP contribution in [0, 0.1) is 5.92 Å². The quantitative estimate of drug-likeness (QED) is 0.500. The fraction of sp³-hybridized carbons (Fsp3) is 0.769. The van der Waals surface area contributed by atoms with Crippen molar-refractivity contribution in [2.45, 2.75) is 19.8 Å². The summed E-state index contributed by atoms with van der Waals surface area (Å²) in [4.78, 5) is 13.5. The van der Waals surface area contributed by atoms with Crippen LogP contribution in [0.25, 0.3) is 0 Å². The van der Waals surface area contributed by atoms with E-state index in [1.54, 1.807) is 0 Å². The van der Waals surface area contributed by atoms with Gasteiger partial charge in [-0.3, -0.25) is 9.69 Å². The van der Waals surface area contributed by atoms with Crippen LogP contribution in [-0.4, -0.2) is 50.3 Å². The van der Waals surface area contributed by atoms with Crippen molar-refractivity contribution in [3.8, 4) is 0 Å². The fourth-order valence-corrected chi connectivity index (χ4v) is 2.07. The van der Waals surface area contributed by atoms with Gasteiger partial charge in [0.2, 0.25) is 0 Å². The van der Waals surface area contributed by atoms with Crippen LogP contribution in [0.3, 0.4) is 0 Å². The Kier molecular flexibility index (Phi) is 6.89. The highest BCUT2D eigenvalue weighted by molar-refractivity contribution is 5.71. The molecule has 0 aromatic rings. The van der Waals surface area contributed by atoms with Gasteiger partial charge in [-0.05, 0) is 25.7 Å². The maximum atomic E-state index is 11.4. The van der Waals surface area contributed by atoms with Crippen LogP contribution >= 0.6 is 0 Å². The van der Waals surface area contributed by atoms with E-state index in [1.807, 2.05) is 13.0 Å². The molecule has 4 heteroatoms. The van der Waals surface area contributed by atoms with Crippen molar-refractivity contribution in [2.24, 2.45) is 5.92 Å². The predicted molar refractivity (Wildman–Crippen MR) is 66.8 cm³/mol. The molecule has 4 nitrogen and oxygen atoms in total. The minimum Gasteiger partial charge on any atom is -0.465 e. The Morgan fingerprint density at radius 1 is 1.53 bits per heavy atom. The molecule has 1 aliphatic heterocycles. The van der Waals surface area contributed by atoms with E-state index in [0.29, 0.717) is 19.1 Å². The smallest absolute Gasteiger partial charge is 0.320 e. The summed E-state index contributed by atoms with van der Waals surface area (Å²) >= 11 is 0. The van der Waals surface area contributed by atoms with Gasteiger partial charge in [0, 0.05) is 26.3 Å². The van der Waals surface area contributed by atoms with E-state index in [-0.39, 0.29) is 5.97 Å². The molecule has 0 radical (unpaired) electrons. The lowest BCUT2D eigenvalue weighted by Gasteiger charge is -2.28. The van der Waals surface area contributed by atoms with Crippen LogP contribution in [0.15, 0.2) is 12.7 Å². The molecule has 1 aliphatic rings. The Morgan fingerprint density at radius 3 is 2.82 bits per heavy atom. The molecule has 0 amide bonds. The number of rotatable bonds is 7. The number of hydrogen-bond acceptors (Lipinski definition) is 4. The first-order valence-electron chi connectivity index (χ1n) is 6.32. The lowest BCUT2D eigenvalue weighted by atomic mass is 10.00. The van der Waals surface area contributed by atoms with E-state index >= 15 is 0 Å². The number of carbonyl (C=O) groups is 1. The van der Waals surface area contributed by atoms with E-state index in [9.17, 15) is 4.79 Å². The first-order chi connectivity index (χ1) is 8.26. The minimum absolute atomic E-state index is 0.151. The van der Waals surface area contributed by atoms with Gasteiger partial charge in [0.1, 0.15) is 0 Å². The molecular formula is C13H23NO3. The molecule has 17 heavy (non-hydrogen) atoms. The minimum atomic E-state index is -0.151. The van der Waals surface area contributed by atoms with Gasteiger partial charge < -0.3 is 9.47 Å². The SMILES string of the molecule is C=CCN(CC(=O)OCC)CC1CCOCC1. The maximum absolute atomic E-state index is 11.4. The number of nitrogens with zero attached hydrogens (tertiary/aromatic N) is 1. The van der Waals surface area contributed by atoms with Gasteiger partial charge in [-0.25, -0.2) is 0 Å². The van der Waals surface area contributed by atoms with Crippen molar-refractivity contribution in [2.75, 3.05) is 39.5 Å². The molecule has 0 aliphatic carbocycles. The van der Waals surface area contributed by atoms with Gasteiger partial charge in [-0.1, -0.05) is 6.08 Å². The van der Waals surface area contributed by atoms with Gasteiger partial charge in [-0.2, -0.15) is 0 Å². The van der Waals surface area contributed by atoms with Crippen LogP contribution in [0.1, 0.15) is 19.8 Å². The van der Waals surface area contributed by atoms with Gasteiger partial charge in [0.05, 0.1) is 13.2 Å². The monoisotopic (exact) mass is 241 g/mol. The van der Waals surface area contributed by atoms with Crippen molar-refractivity contribution in [3.63, 3.8) is 0 Å². The molecule has 0 bridgehead atoms. The Hall–Kier alpha value is -0.870. The normalized spacial score (nSPS) is 17.1. The van der Waals surface area contributed by atoms with Crippen LogP contribution in [0.5, 0.6) is 0 Å². The Morgan fingerprint density at radius 2 is 2.24 bits per heavy atom. The first-order valence-corrected chi connectivity index (χ1v) is 6.32. The Labute approximate surface area is 104 Å². The zero-order chi connectivity index (χ0) is 12.5. The summed E-state index contributed by atoms with van der Waals surface area (Å²) in [6.45, 7) is 9.69. The molecule has 1 heterocycles. The summed E-state index contributed by atoms with van der Waals surface area (Å²) in [5.41, 5.74) is 0. The summed E-state index contributed by atoms with van der Waals surface area (Å²) < 4.78 is 10.3. The number of carbonyl (C=O) groups excluding carboxylic acids is 1. The van der Waals surface area contributed by atoms with Crippen molar-refractivity contribution < 1.29 is 14.3 Å². The zero-order valence-corrected chi connectivity index (χ0v) is 10.7. The summed E-state index contributed by atoms with van der Waals surface area (Å²) in [5, 5.41) is 0. The van der Waals surface area contributed by atoms with Gasteiger partial charge in [0.15, 0.2) is 0 Å². The third kappa shape index (κ3) is 5.84. The van der Waals surface area contributed by atoms with Crippen LogP contribution in [0.4, 0.5) is 0 Å². The third-order valence-electron chi connectivity index (χ3n) is 2.90. The number of ether oxygens (including phenoxy) is 2. The highest BCUT2D eigenvalue weighted by atomic mass is 16.5. The van der Waals surface area contributed by atoms with Gasteiger partial charge in [-0.15, -0.1) is 6.58 Å². The third-order valence-corrected chi connectivity index (χ3v) is 2.90. The van der Waals surface area contributed by atoms with Crippen molar-refractivity contribution in [1.82, 2.24) is 4.90 Å². The van der Waals surface area contributed by atoms with E-state index in [0.717, 1.165) is 39.1 Å².